The second-order valence-corrected chi connectivity index (χ2v) is 10.8. The Hall–Kier alpha value is -2.94. The van der Waals surface area contributed by atoms with Crippen molar-refractivity contribution < 1.29 is 15.3 Å². The van der Waals surface area contributed by atoms with Crippen molar-refractivity contribution in [2.45, 2.75) is 69.1 Å². The van der Waals surface area contributed by atoms with Crippen LogP contribution in [0.5, 0.6) is 17.2 Å². The third kappa shape index (κ3) is 4.06. The van der Waals surface area contributed by atoms with Crippen LogP contribution in [0.1, 0.15) is 75.0 Å². The molecular formula is C31H36O3. The fourth-order valence-corrected chi connectivity index (χ4v) is 6.97. The number of hydrogen-bond acceptors (Lipinski definition) is 3. The van der Waals surface area contributed by atoms with Crippen molar-refractivity contribution in [3.63, 3.8) is 0 Å². The number of phenolic OH excluding ortho intramolecular Hbond substituents is 3. The molecule has 0 heterocycles. The van der Waals surface area contributed by atoms with Crippen LogP contribution in [0.3, 0.4) is 0 Å². The number of hydrogen-bond donors (Lipinski definition) is 3. The van der Waals surface area contributed by atoms with E-state index in [-0.39, 0.29) is 10.8 Å². The van der Waals surface area contributed by atoms with Crippen LogP contribution in [0, 0.1) is 11.8 Å². The molecule has 3 nitrogen and oxygen atoms in total. The topological polar surface area (TPSA) is 60.7 Å². The number of benzene rings is 3. The van der Waals surface area contributed by atoms with Crippen molar-refractivity contribution in [3.05, 3.63) is 89.5 Å². The van der Waals surface area contributed by atoms with Crippen LogP contribution >= 0.6 is 0 Å². The van der Waals surface area contributed by atoms with Crippen LogP contribution in [0.2, 0.25) is 0 Å². The Balaban J connectivity index is 1.49. The predicted octanol–water partition coefficient (Wildman–Crippen LogP) is 7.43. The molecule has 0 amide bonds. The average molecular weight is 457 g/mol. The van der Waals surface area contributed by atoms with Gasteiger partial charge in [-0.2, -0.15) is 0 Å². The van der Waals surface area contributed by atoms with Gasteiger partial charge in [-0.05, 0) is 122 Å². The van der Waals surface area contributed by atoms with Gasteiger partial charge in [0.25, 0.3) is 0 Å². The summed E-state index contributed by atoms with van der Waals surface area (Å²) in [5.74, 6) is 2.31. The lowest BCUT2D eigenvalue weighted by atomic mass is 9.53. The lowest BCUT2D eigenvalue weighted by molar-refractivity contribution is 0.109. The van der Waals surface area contributed by atoms with Crippen molar-refractivity contribution in [2.24, 2.45) is 11.8 Å². The number of phenols is 3. The molecule has 0 spiro atoms. The molecular weight excluding hydrogens is 420 g/mol. The van der Waals surface area contributed by atoms with Crippen molar-refractivity contribution in [1.29, 1.82) is 0 Å². The Morgan fingerprint density at radius 3 is 1.32 bits per heavy atom. The highest BCUT2D eigenvalue weighted by atomic mass is 16.3. The summed E-state index contributed by atoms with van der Waals surface area (Å²) in [5, 5.41) is 29.7. The summed E-state index contributed by atoms with van der Waals surface area (Å²) in [6.45, 7) is 2.38. The largest absolute Gasteiger partial charge is 0.508 e. The monoisotopic (exact) mass is 456 g/mol. The molecule has 0 atom stereocenters. The minimum atomic E-state index is -0.115. The van der Waals surface area contributed by atoms with E-state index in [0.717, 1.165) is 31.6 Å². The van der Waals surface area contributed by atoms with Gasteiger partial charge in [0.15, 0.2) is 0 Å². The molecule has 2 saturated carbocycles. The molecule has 2 aliphatic rings. The van der Waals surface area contributed by atoms with Crippen LogP contribution in [0.25, 0.3) is 0 Å². The van der Waals surface area contributed by atoms with Crippen molar-refractivity contribution in [2.75, 3.05) is 0 Å². The summed E-state index contributed by atoms with van der Waals surface area (Å²) in [4.78, 5) is 0. The van der Waals surface area contributed by atoms with Gasteiger partial charge in [-0.15, -0.1) is 0 Å². The molecule has 34 heavy (non-hydrogen) atoms. The summed E-state index contributed by atoms with van der Waals surface area (Å²) in [6.07, 6.45) is 9.32. The van der Waals surface area contributed by atoms with Crippen molar-refractivity contribution in [1.82, 2.24) is 0 Å². The zero-order valence-corrected chi connectivity index (χ0v) is 20.1. The molecule has 3 heteroatoms. The molecule has 0 saturated heterocycles. The van der Waals surface area contributed by atoms with Gasteiger partial charge >= 0.3 is 0 Å². The number of aromatic hydroxyl groups is 3. The van der Waals surface area contributed by atoms with E-state index >= 15 is 0 Å². The van der Waals surface area contributed by atoms with E-state index in [1.54, 1.807) is 24.3 Å². The molecule has 5 rings (SSSR count). The lowest BCUT2D eigenvalue weighted by Gasteiger charge is -2.51. The van der Waals surface area contributed by atoms with Gasteiger partial charge in [-0.3, -0.25) is 0 Å². The van der Waals surface area contributed by atoms with Gasteiger partial charge in [0.2, 0.25) is 0 Å². The average Bonchev–Trinajstić information content (AvgIpc) is 2.86. The molecule has 0 aromatic heterocycles. The van der Waals surface area contributed by atoms with Crippen LogP contribution in [-0.2, 0) is 10.8 Å². The first kappa shape index (κ1) is 22.8. The highest BCUT2D eigenvalue weighted by molar-refractivity contribution is 5.44. The lowest BCUT2D eigenvalue weighted by Crippen LogP contribution is -2.44. The van der Waals surface area contributed by atoms with Crippen LogP contribution in [0.15, 0.2) is 72.8 Å². The molecule has 178 valence electrons. The molecule has 2 aliphatic carbocycles. The van der Waals surface area contributed by atoms with Crippen molar-refractivity contribution >= 4 is 0 Å². The zero-order valence-electron chi connectivity index (χ0n) is 20.1. The second-order valence-electron chi connectivity index (χ2n) is 10.8. The first-order valence-corrected chi connectivity index (χ1v) is 12.8. The molecule has 3 aromatic rings. The quantitative estimate of drug-likeness (QED) is 0.383. The van der Waals surface area contributed by atoms with Crippen LogP contribution in [0.4, 0.5) is 0 Å². The van der Waals surface area contributed by atoms with E-state index in [9.17, 15) is 15.3 Å². The van der Waals surface area contributed by atoms with E-state index in [4.69, 9.17) is 0 Å². The van der Waals surface area contributed by atoms with E-state index in [2.05, 4.69) is 43.3 Å². The fourth-order valence-electron chi connectivity index (χ4n) is 6.97. The number of rotatable bonds is 4. The maximum atomic E-state index is 9.92. The Kier molecular flexibility index (Phi) is 6.06. The van der Waals surface area contributed by atoms with E-state index in [1.807, 2.05) is 12.1 Å². The molecule has 3 aromatic carbocycles. The Labute approximate surface area is 203 Å². The van der Waals surface area contributed by atoms with Crippen LogP contribution < -0.4 is 0 Å². The van der Waals surface area contributed by atoms with Crippen molar-refractivity contribution in [3.8, 4) is 17.2 Å². The SMILES string of the molecule is CC1CCC(c2ccc(O)cc2)(C2CCC(c3ccc(O)cc3)(c3ccc(O)cc3)CC2)CC1. The first-order valence-electron chi connectivity index (χ1n) is 12.8. The maximum absolute atomic E-state index is 9.92. The van der Waals surface area contributed by atoms with Gasteiger partial charge in [0.1, 0.15) is 17.2 Å². The molecule has 3 N–H and O–H groups in total. The third-order valence-corrected chi connectivity index (χ3v) is 9.07. The summed E-state index contributed by atoms with van der Waals surface area (Å²) in [6, 6.07) is 23.5. The fraction of sp³-hybridized carbons (Fsp3) is 0.419. The Bertz CT molecular complexity index is 1040. The van der Waals surface area contributed by atoms with Gasteiger partial charge in [0, 0.05) is 5.41 Å². The highest BCUT2D eigenvalue weighted by Crippen LogP contribution is 2.56. The summed E-state index contributed by atoms with van der Waals surface area (Å²) in [5.41, 5.74) is 3.94. The minimum Gasteiger partial charge on any atom is -0.508 e. The van der Waals surface area contributed by atoms with Crippen LogP contribution in [-0.4, -0.2) is 15.3 Å². The van der Waals surface area contributed by atoms with Gasteiger partial charge in [-0.25, -0.2) is 0 Å². The predicted molar refractivity (Wildman–Crippen MR) is 136 cm³/mol. The van der Waals surface area contributed by atoms with E-state index < -0.39 is 0 Å². The molecule has 2 fully saturated rings. The summed E-state index contributed by atoms with van der Waals surface area (Å²) < 4.78 is 0. The van der Waals surface area contributed by atoms with Gasteiger partial charge in [0.05, 0.1) is 0 Å². The smallest absolute Gasteiger partial charge is 0.115 e. The Morgan fingerprint density at radius 2 is 0.912 bits per heavy atom. The third-order valence-electron chi connectivity index (χ3n) is 9.07. The molecule has 0 radical (unpaired) electrons. The standard InChI is InChI=1S/C31H36O3/c1-22-14-18-30(19-15-22,23-2-8-27(32)9-3-23)26-16-20-31(21-17-26,24-4-10-28(33)11-5-24)25-6-12-29(34)13-7-25/h2-13,22,26,32-34H,14-21H2,1H3. The molecule has 0 aliphatic heterocycles. The van der Waals surface area contributed by atoms with Gasteiger partial charge in [-0.1, -0.05) is 43.3 Å². The second kappa shape index (κ2) is 9.02. The van der Waals surface area contributed by atoms with E-state index in [0.29, 0.717) is 23.2 Å². The molecule has 0 bridgehead atoms. The highest BCUT2D eigenvalue weighted by Gasteiger charge is 2.47. The normalized spacial score (nSPS) is 25.1. The van der Waals surface area contributed by atoms with E-state index in [1.165, 1.54) is 42.4 Å². The Morgan fingerprint density at radius 1 is 0.529 bits per heavy atom. The van der Waals surface area contributed by atoms with Gasteiger partial charge < -0.3 is 15.3 Å². The first-order chi connectivity index (χ1) is 16.4. The summed E-state index contributed by atoms with van der Waals surface area (Å²) in [7, 11) is 0. The maximum Gasteiger partial charge on any atom is 0.115 e. The minimum absolute atomic E-state index is 0.115. The molecule has 0 unspecified atom stereocenters. The zero-order chi connectivity index (χ0) is 23.8. The summed E-state index contributed by atoms with van der Waals surface area (Å²) >= 11 is 0.